The molecule has 1 N–H and O–H groups in total. The lowest BCUT2D eigenvalue weighted by molar-refractivity contribution is -0.143. The van der Waals surface area contributed by atoms with E-state index in [2.05, 4.69) is 29.1 Å². The van der Waals surface area contributed by atoms with Crippen molar-refractivity contribution >= 4 is 16.9 Å². The number of rotatable bonds is 1. The van der Waals surface area contributed by atoms with Crippen molar-refractivity contribution in [2.45, 2.75) is 19.0 Å². The molecular formula is C14H16N2O2. The van der Waals surface area contributed by atoms with Crippen molar-refractivity contribution in [2.75, 3.05) is 7.11 Å². The number of aromatic nitrogens is 1. The Balaban J connectivity index is 2.10. The molecule has 1 aliphatic rings. The van der Waals surface area contributed by atoms with Crippen molar-refractivity contribution in [2.24, 2.45) is 7.05 Å². The quantitative estimate of drug-likeness (QED) is 0.770. The molecule has 4 heteroatoms. The lowest BCUT2D eigenvalue weighted by Crippen LogP contribution is -2.42. The van der Waals surface area contributed by atoms with E-state index in [1.165, 1.54) is 29.3 Å². The number of methoxy groups -OCH3 is 1. The SMILES string of the molecule is COC(=O)C1Cc2c(n(C)c3ccccc23)CN1. The van der Waals surface area contributed by atoms with Crippen molar-refractivity contribution in [3.63, 3.8) is 0 Å². The molecular weight excluding hydrogens is 228 g/mol. The summed E-state index contributed by atoms with van der Waals surface area (Å²) in [6, 6.07) is 8.08. The Morgan fingerprint density at radius 1 is 1.44 bits per heavy atom. The van der Waals surface area contributed by atoms with Crippen LogP contribution in [0.2, 0.25) is 0 Å². The molecule has 0 saturated heterocycles. The Labute approximate surface area is 106 Å². The van der Waals surface area contributed by atoms with Crippen molar-refractivity contribution < 1.29 is 9.53 Å². The van der Waals surface area contributed by atoms with Gasteiger partial charge in [-0.05, 0) is 11.6 Å². The fourth-order valence-electron chi connectivity index (χ4n) is 2.78. The molecule has 18 heavy (non-hydrogen) atoms. The summed E-state index contributed by atoms with van der Waals surface area (Å²) in [6.45, 7) is 0.709. The third-order valence-electron chi connectivity index (χ3n) is 3.75. The second-order valence-electron chi connectivity index (χ2n) is 4.66. The first-order valence-electron chi connectivity index (χ1n) is 6.08. The predicted octanol–water partition coefficient (Wildman–Crippen LogP) is 1.37. The molecule has 1 aromatic carbocycles. The van der Waals surface area contributed by atoms with E-state index < -0.39 is 0 Å². The molecule has 0 saturated carbocycles. The average Bonchev–Trinajstić information content (AvgIpc) is 2.72. The van der Waals surface area contributed by atoms with E-state index in [9.17, 15) is 4.79 Å². The van der Waals surface area contributed by atoms with Crippen LogP contribution in [0.15, 0.2) is 24.3 Å². The Hall–Kier alpha value is -1.81. The summed E-state index contributed by atoms with van der Waals surface area (Å²) in [4.78, 5) is 11.6. The zero-order valence-corrected chi connectivity index (χ0v) is 10.6. The van der Waals surface area contributed by atoms with E-state index in [1.807, 2.05) is 12.1 Å². The first-order chi connectivity index (χ1) is 8.72. The largest absolute Gasteiger partial charge is 0.468 e. The van der Waals surface area contributed by atoms with Gasteiger partial charge in [-0.3, -0.25) is 10.1 Å². The van der Waals surface area contributed by atoms with E-state index in [1.54, 1.807) is 0 Å². The van der Waals surface area contributed by atoms with Crippen molar-refractivity contribution in [1.82, 2.24) is 9.88 Å². The zero-order valence-electron chi connectivity index (χ0n) is 10.6. The maximum atomic E-state index is 11.6. The number of esters is 1. The van der Waals surface area contributed by atoms with Gasteiger partial charge in [0.05, 0.1) is 7.11 Å². The van der Waals surface area contributed by atoms with Gasteiger partial charge in [-0.2, -0.15) is 0 Å². The monoisotopic (exact) mass is 244 g/mol. The number of ether oxygens (including phenoxy) is 1. The fourth-order valence-corrected chi connectivity index (χ4v) is 2.78. The van der Waals surface area contributed by atoms with E-state index in [-0.39, 0.29) is 12.0 Å². The minimum absolute atomic E-state index is 0.186. The minimum Gasteiger partial charge on any atom is -0.468 e. The summed E-state index contributed by atoms with van der Waals surface area (Å²) in [5.74, 6) is -0.186. The number of hydrogen-bond donors (Lipinski definition) is 1. The van der Waals surface area contributed by atoms with Crippen LogP contribution in [0.3, 0.4) is 0 Å². The molecule has 0 bridgehead atoms. The molecule has 3 rings (SSSR count). The van der Waals surface area contributed by atoms with Gasteiger partial charge >= 0.3 is 5.97 Å². The van der Waals surface area contributed by atoms with E-state index in [0.717, 1.165) is 0 Å². The second kappa shape index (κ2) is 4.14. The lowest BCUT2D eigenvalue weighted by atomic mass is 9.98. The first-order valence-corrected chi connectivity index (χ1v) is 6.08. The highest BCUT2D eigenvalue weighted by molar-refractivity contribution is 5.87. The third-order valence-corrected chi connectivity index (χ3v) is 3.75. The highest BCUT2D eigenvalue weighted by Crippen LogP contribution is 2.29. The Morgan fingerprint density at radius 2 is 2.22 bits per heavy atom. The van der Waals surface area contributed by atoms with E-state index in [4.69, 9.17) is 4.74 Å². The molecule has 0 spiro atoms. The molecule has 0 radical (unpaired) electrons. The van der Waals surface area contributed by atoms with Crippen molar-refractivity contribution in [3.05, 3.63) is 35.5 Å². The summed E-state index contributed by atoms with van der Waals surface area (Å²) in [7, 11) is 3.50. The Kier molecular flexibility index (Phi) is 2.59. The molecule has 1 aliphatic heterocycles. The van der Waals surface area contributed by atoms with E-state index in [0.29, 0.717) is 13.0 Å². The van der Waals surface area contributed by atoms with Gasteiger partial charge in [0.1, 0.15) is 6.04 Å². The van der Waals surface area contributed by atoms with Gasteiger partial charge in [-0.15, -0.1) is 0 Å². The highest BCUT2D eigenvalue weighted by atomic mass is 16.5. The summed E-state index contributed by atoms with van der Waals surface area (Å²) >= 11 is 0. The number of carbonyl (C=O) groups is 1. The molecule has 1 unspecified atom stereocenters. The number of carbonyl (C=O) groups excluding carboxylic acids is 1. The number of benzene rings is 1. The van der Waals surface area contributed by atoms with Crippen LogP contribution in [0.4, 0.5) is 0 Å². The predicted molar refractivity (Wildman–Crippen MR) is 69.3 cm³/mol. The van der Waals surface area contributed by atoms with Gasteiger partial charge in [0.2, 0.25) is 0 Å². The number of aryl methyl sites for hydroxylation is 1. The van der Waals surface area contributed by atoms with Gasteiger partial charge in [0.15, 0.2) is 0 Å². The minimum atomic E-state index is -0.228. The number of fused-ring (bicyclic) bond motifs is 3. The van der Waals surface area contributed by atoms with Gasteiger partial charge < -0.3 is 9.30 Å². The summed E-state index contributed by atoms with van der Waals surface area (Å²) in [5, 5.41) is 4.47. The second-order valence-corrected chi connectivity index (χ2v) is 4.66. The standard InChI is InChI=1S/C14H16N2O2/c1-16-12-6-4-3-5-9(12)10-7-11(14(17)18-2)15-8-13(10)16/h3-6,11,15H,7-8H2,1-2H3. The van der Waals surface area contributed by atoms with E-state index >= 15 is 0 Å². The van der Waals surface area contributed by atoms with Crippen LogP contribution in [0.1, 0.15) is 11.3 Å². The maximum Gasteiger partial charge on any atom is 0.323 e. The molecule has 1 aromatic heterocycles. The molecule has 2 heterocycles. The van der Waals surface area contributed by atoms with Gasteiger partial charge in [-0.25, -0.2) is 0 Å². The van der Waals surface area contributed by atoms with Crippen LogP contribution in [0, 0.1) is 0 Å². The van der Waals surface area contributed by atoms with Crippen molar-refractivity contribution in [1.29, 1.82) is 0 Å². The van der Waals surface area contributed by atoms with Crippen LogP contribution in [0.25, 0.3) is 10.9 Å². The molecule has 94 valence electrons. The number of nitrogens with zero attached hydrogens (tertiary/aromatic N) is 1. The van der Waals surface area contributed by atoms with Crippen LogP contribution in [-0.4, -0.2) is 23.7 Å². The number of nitrogens with one attached hydrogen (secondary N) is 1. The van der Waals surface area contributed by atoms with Crippen molar-refractivity contribution in [3.8, 4) is 0 Å². The first kappa shape index (κ1) is 11.3. The molecule has 4 nitrogen and oxygen atoms in total. The highest BCUT2D eigenvalue weighted by Gasteiger charge is 2.28. The molecule has 0 fully saturated rings. The maximum absolute atomic E-state index is 11.6. The third kappa shape index (κ3) is 1.53. The summed E-state index contributed by atoms with van der Waals surface area (Å²) < 4.78 is 7.01. The molecule has 2 aromatic rings. The zero-order chi connectivity index (χ0) is 12.7. The smallest absolute Gasteiger partial charge is 0.323 e. The summed E-state index contributed by atoms with van der Waals surface area (Å²) in [5.41, 5.74) is 3.74. The Bertz CT molecular complexity index is 616. The normalized spacial score (nSPS) is 18.7. The molecule has 1 atom stereocenters. The summed E-state index contributed by atoms with van der Waals surface area (Å²) in [6.07, 6.45) is 0.698. The van der Waals surface area contributed by atoms with Gasteiger partial charge in [-0.1, -0.05) is 18.2 Å². The number of para-hydroxylation sites is 1. The van der Waals surface area contributed by atoms with Crippen LogP contribution in [-0.2, 0) is 29.5 Å². The van der Waals surface area contributed by atoms with Crippen LogP contribution in [0.5, 0.6) is 0 Å². The van der Waals surface area contributed by atoms with Gasteiger partial charge in [0, 0.05) is 36.6 Å². The average molecular weight is 244 g/mol. The van der Waals surface area contributed by atoms with Gasteiger partial charge in [0.25, 0.3) is 0 Å². The Morgan fingerprint density at radius 3 is 3.00 bits per heavy atom. The topological polar surface area (TPSA) is 43.3 Å². The van der Waals surface area contributed by atoms with Crippen LogP contribution >= 0.6 is 0 Å². The number of hydrogen-bond acceptors (Lipinski definition) is 3. The lowest BCUT2D eigenvalue weighted by Gasteiger charge is -2.23. The molecule has 0 aliphatic carbocycles. The molecule has 0 amide bonds. The van der Waals surface area contributed by atoms with Crippen LogP contribution < -0.4 is 5.32 Å². The fraction of sp³-hybridized carbons (Fsp3) is 0.357.